The molecule has 4 heterocycles. The molecule has 126 valence electrons. The number of likely N-dealkylation sites (tertiary alicyclic amines) is 1. The van der Waals surface area contributed by atoms with Crippen molar-refractivity contribution in [2.45, 2.75) is 13.0 Å². The molecule has 2 aliphatic rings. The molecule has 0 radical (unpaired) electrons. The summed E-state index contributed by atoms with van der Waals surface area (Å²) in [5, 5.41) is 3.25. The molecule has 1 amide bonds. The summed E-state index contributed by atoms with van der Waals surface area (Å²) in [5.41, 5.74) is 0.623. The summed E-state index contributed by atoms with van der Waals surface area (Å²) >= 11 is 0. The van der Waals surface area contributed by atoms with Gasteiger partial charge in [-0.3, -0.25) is 4.79 Å². The van der Waals surface area contributed by atoms with Crippen LogP contribution in [0.25, 0.3) is 0 Å². The van der Waals surface area contributed by atoms with E-state index in [9.17, 15) is 4.79 Å². The number of aryl methyl sites for hydroxylation is 1. The standard InChI is InChI=1S/C16H19N5O3/c1-10-14(24-9-20-10)15(22)21-6-12-11(8-23-13(12)7-21)5-19-16-17-3-2-4-18-16/h2-4,9,11-13H,5-8H2,1H3,(H,17,18,19)/t11-,12-,13-/m1/s1. The van der Waals surface area contributed by atoms with E-state index in [0.717, 1.165) is 6.54 Å². The lowest BCUT2D eigenvalue weighted by Crippen LogP contribution is -2.32. The van der Waals surface area contributed by atoms with Crippen LogP contribution in [-0.4, -0.2) is 58.1 Å². The van der Waals surface area contributed by atoms with E-state index in [1.807, 2.05) is 0 Å². The van der Waals surface area contributed by atoms with E-state index in [1.54, 1.807) is 30.3 Å². The number of hydrogen-bond acceptors (Lipinski definition) is 7. The molecule has 0 bridgehead atoms. The summed E-state index contributed by atoms with van der Waals surface area (Å²) < 4.78 is 11.1. The molecule has 0 unspecified atom stereocenters. The topological polar surface area (TPSA) is 93.4 Å². The van der Waals surface area contributed by atoms with Gasteiger partial charge >= 0.3 is 0 Å². The van der Waals surface area contributed by atoms with E-state index < -0.39 is 0 Å². The summed E-state index contributed by atoms with van der Waals surface area (Å²) in [6.45, 7) is 4.47. The van der Waals surface area contributed by atoms with Crippen LogP contribution in [0.15, 0.2) is 29.3 Å². The number of anilines is 1. The van der Waals surface area contributed by atoms with Gasteiger partial charge in [0.05, 0.1) is 18.4 Å². The van der Waals surface area contributed by atoms with E-state index >= 15 is 0 Å². The van der Waals surface area contributed by atoms with E-state index in [4.69, 9.17) is 9.15 Å². The molecular weight excluding hydrogens is 310 g/mol. The van der Waals surface area contributed by atoms with Crippen molar-refractivity contribution in [1.82, 2.24) is 19.9 Å². The predicted molar refractivity (Wildman–Crippen MR) is 84.4 cm³/mol. The van der Waals surface area contributed by atoms with Crippen molar-refractivity contribution in [3.8, 4) is 0 Å². The first-order valence-electron chi connectivity index (χ1n) is 8.04. The van der Waals surface area contributed by atoms with Gasteiger partial charge in [0, 0.05) is 43.9 Å². The Bertz CT molecular complexity index is 720. The monoisotopic (exact) mass is 329 g/mol. The maximum atomic E-state index is 12.5. The Morgan fingerprint density at radius 1 is 1.33 bits per heavy atom. The lowest BCUT2D eigenvalue weighted by atomic mass is 9.93. The number of nitrogens with one attached hydrogen (secondary N) is 1. The Morgan fingerprint density at radius 2 is 2.17 bits per heavy atom. The zero-order valence-electron chi connectivity index (χ0n) is 13.4. The number of aromatic nitrogens is 3. The zero-order valence-corrected chi connectivity index (χ0v) is 13.4. The second kappa shape index (κ2) is 6.20. The Balaban J connectivity index is 1.38. The van der Waals surface area contributed by atoms with Crippen LogP contribution in [0, 0.1) is 18.8 Å². The van der Waals surface area contributed by atoms with E-state index in [2.05, 4.69) is 20.3 Å². The number of hydrogen-bond donors (Lipinski definition) is 1. The van der Waals surface area contributed by atoms with Gasteiger partial charge in [0.2, 0.25) is 11.7 Å². The van der Waals surface area contributed by atoms with Crippen molar-refractivity contribution in [3.05, 3.63) is 36.3 Å². The lowest BCUT2D eigenvalue weighted by Gasteiger charge is -2.19. The molecule has 3 atom stereocenters. The fraction of sp³-hybridized carbons (Fsp3) is 0.500. The second-order valence-corrected chi connectivity index (χ2v) is 6.23. The molecule has 2 aromatic rings. The van der Waals surface area contributed by atoms with E-state index in [0.29, 0.717) is 48.9 Å². The molecule has 2 aromatic heterocycles. The number of oxazole rings is 1. The zero-order chi connectivity index (χ0) is 16.5. The van der Waals surface area contributed by atoms with Crippen molar-refractivity contribution >= 4 is 11.9 Å². The van der Waals surface area contributed by atoms with Crippen LogP contribution in [0.3, 0.4) is 0 Å². The maximum absolute atomic E-state index is 12.5. The fourth-order valence-electron chi connectivity index (χ4n) is 3.44. The molecule has 0 aliphatic carbocycles. The third-order valence-electron chi connectivity index (χ3n) is 4.75. The van der Waals surface area contributed by atoms with Gasteiger partial charge in [-0.05, 0) is 13.0 Å². The molecule has 0 saturated carbocycles. The first-order valence-corrected chi connectivity index (χ1v) is 8.04. The van der Waals surface area contributed by atoms with Gasteiger partial charge in [-0.15, -0.1) is 0 Å². The SMILES string of the molecule is Cc1ncoc1C(=O)N1C[C@@H]2[C@H](CNc3ncccn3)CO[C@@H]2C1. The molecule has 4 rings (SSSR count). The van der Waals surface area contributed by atoms with Crippen molar-refractivity contribution in [3.63, 3.8) is 0 Å². The number of fused-ring (bicyclic) bond motifs is 1. The third-order valence-corrected chi connectivity index (χ3v) is 4.75. The van der Waals surface area contributed by atoms with Crippen LogP contribution >= 0.6 is 0 Å². The lowest BCUT2D eigenvalue weighted by molar-refractivity contribution is 0.0653. The molecule has 8 nitrogen and oxygen atoms in total. The Morgan fingerprint density at radius 3 is 2.92 bits per heavy atom. The second-order valence-electron chi connectivity index (χ2n) is 6.23. The number of amides is 1. The molecule has 1 N–H and O–H groups in total. The van der Waals surface area contributed by atoms with Gasteiger partial charge < -0.3 is 19.4 Å². The van der Waals surface area contributed by atoms with Gasteiger partial charge in [0.25, 0.3) is 5.91 Å². The van der Waals surface area contributed by atoms with E-state index in [-0.39, 0.29) is 12.0 Å². The van der Waals surface area contributed by atoms with Gasteiger partial charge in [0.15, 0.2) is 6.39 Å². The van der Waals surface area contributed by atoms with Gasteiger partial charge in [-0.25, -0.2) is 15.0 Å². The molecule has 0 spiro atoms. The Hall–Kier alpha value is -2.48. The van der Waals surface area contributed by atoms with Crippen LogP contribution in [0.4, 0.5) is 5.95 Å². The summed E-state index contributed by atoms with van der Waals surface area (Å²) in [7, 11) is 0. The molecule has 24 heavy (non-hydrogen) atoms. The largest absolute Gasteiger partial charge is 0.438 e. The molecule has 0 aromatic carbocycles. The summed E-state index contributed by atoms with van der Waals surface area (Å²) in [6.07, 6.45) is 4.81. The minimum Gasteiger partial charge on any atom is -0.438 e. The molecular formula is C16H19N5O3. The summed E-state index contributed by atoms with van der Waals surface area (Å²) in [5.74, 6) is 1.47. The van der Waals surface area contributed by atoms with Gasteiger partial charge in [-0.1, -0.05) is 0 Å². The van der Waals surface area contributed by atoms with E-state index in [1.165, 1.54) is 6.39 Å². The van der Waals surface area contributed by atoms with Crippen LogP contribution in [-0.2, 0) is 4.74 Å². The van der Waals surface area contributed by atoms with Crippen molar-refractivity contribution in [1.29, 1.82) is 0 Å². The van der Waals surface area contributed by atoms with Gasteiger partial charge in [0.1, 0.15) is 0 Å². The Kier molecular flexibility index (Phi) is 3.89. The quantitative estimate of drug-likeness (QED) is 0.893. The van der Waals surface area contributed by atoms with Crippen molar-refractivity contribution < 1.29 is 13.9 Å². The van der Waals surface area contributed by atoms with Crippen LogP contribution < -0.4 is 5.32 Å². The number of rotatable bonds is 4. The number of nitrogens with zero attached hydrogens (tertiary/aromatic N) is 4. The first-order chi connectivity index (χ1) is 11.7. The number of carbonyl (C=O) groups is 1. The third kappa shape index (κ3) is 2.73. The molecule has 2 saturated heterocycles. The van der Waals surface area contributed by atoms with Crippen LogP contribution in [0.1, 0.15) is 16.2 Å². The molecule has 2 fully saturated rings. The normalized spacial score (nSPS) is 25.7. The minimum atomic E-state index is -0.110. The highest BCUT2D eigenvalue weighted by atomic mass is 16.5. The highest BCUT2D eigenvalue weighted by Gasteiger charge is 2.45. The van der Waals surface area contributed by atoms with Crippen LogP contribution in [0.5, 0.6) is 0 Å². The average molecular weight is 329 g/mol. The highest BCUT2D eigenvalue weighted by Crippen LogP contribution is 2.34. The van der Waals surface area contributed by atoms with Crippen molar-refractivity contribution in [2.24, 2.45) is 11.8 Å². The number of ether oxygens (including phenoxy) is 1. The molecule has 8 heteroatoms. The minimum absolute atomic E-state index is 0.0840. The number of carbonyl (C=O) groups excluding carboxylic acids is 1. The highest BCUT2D eigenvalue weighted by molar-refractivity contribution is 5.92. The summed E-state index contributed by atoms with van der Waals surface area (Å²) in [4.78, 5) is 26.7. The van der Waals surface area contributed by atoms with Crippen LogP contribution in [0.2, 0.25) is 0 Å². The molecule has 2 aliphatic heterocycles. The maximum Gasteiger partial charge on any atom is 0.291 e. The first kappa shape index (κ1) is 15.1. The van der Waals surface area contributed by atoms with Gasteiger partial charge in [-0.2, -0.15) is 0 Å². The predicted octanol–water partition coefficient (Wildman–Crippen LogP) is 0.972. The smallest absolute Gasteiger partial charge is 0.291 e. The Labute approximate surface area is 139 Å². The summed E-state index contributed by atoms with van der Waals surface area (Å²) in [6, 6.07) is 1.78. The fourth-order valence-corrected chi connectivity index (χ4v) is 3.44. The van der Waals surface area contributed by atoms with Crippen molar-refractivity contribution in [2.75, 3.05) is 31.6 Å². The average Bonchev–Trinajstić information content (AvgIpc) is 3.29.